The van der Waals surface area contributed by atoms with Gasteiger partial charge in [-0.25, -0.2) is 18.4 Å². The number of ether oxygens (including phenoxy) is 1. The number of pyridine rings is 2. The van der Waals surface area contributed by atoms with Crippen molar-refractivity contribution in [1.29, 1.82) is 0 Å². The van der Waals surface area contributed by atoms with Crippen LogP contribution in [-0.4, -0.2) is 66.2 Å². The summed E-state index contributed by atoms with van der Waals surface area (Å²) in [5, 5.41) is 0.515. The summed E-state index contributed by atoms with van der Waals surface area (Å²) in [4.78, 5) is 34.1. The number of rotatable bonds is 10. The SMILES string of the molecule is CC(=O)SCC(=O)c1ccc(NS(=O)(=O)c2ccc3nc(OCCN4CCCCC4)ccc3c2)nc1. The summed E-state index contributed by atoms with van der Waals surface area (Å²) in [5.74, 6) is 0.350. The summed E-state index contributed by atoms with van der Waals surface area (Å²) in [6.45, 7) is 5.03. The fourth-order valence-corrected chi connectivity index (χ4v) is 5.41. The minimum Gasteiger partial charge on any atom is -0.476 e. The number of hydrogen-bond acceptors (Lipinski definition) is 9. The molecule has 0 radical (unpaired) electrons. The number of benzene rings is 1. The molecule has 1 saturated heterocycles. The second-order valence-electron chi connectivity index (χ2n) is 8.50. The molecule has 0 amide bonds. The van der Waals surface area contributed by atoms with Gasteiger partial charge in [0.15, 0.2) is 10.9 Å². The average Bonchev–Trinajstić information content (AvgIpc) is 2.87. The first kappa shape index (κ1) is 26.1. The van der Waals surface area contributed by atoms with Crippen molar-refractivity contribution in [3.8, 4) is 5.88 Å². The molecule has 9 nitrogen and oxygen atoms in total. The summed E-state index contributed by atoms with van der Waals surface area (Å²) in [6.07, 6.45) is 5.05. The van der Waals surface area contributed by atoms with Gasteiger partial charge in [0.25, 0.3) is 10.0 Å². The Labute approximate surface area is 214 Å². The molecule has 0 unspecified atom stereocenters. The maximum absolute atomic E-state index is 12.9. The fraction of sp³-hybridized carbons (Fsp3) is 0.360. The molecule has 1 aliphatic heterocycles. The Morgan fingerprint density at radius 2 is 1.89 bits per heavy atom. The van der Waals surface area contributed by atoms with Gasteiger partial charge in [-0.3, -0.25) is 19.2 Å². The Balaban J connectivity index is 1.38. The van der Waals surface area contributed by atoms with E-state index in [0.29, 0.717) is 29.0 Å². The first-order chi connectivity index (χ1) is 17.3. The number of nitrogens with one attached hydrogen (secondary N) is 1. The summed E-state index contributed by atoms with van der Waals surface area (Å²) in [5.41, 5.74) is 0.936. The molecular weight excluding hydrogens is 500 g/mol. The van der Waals surface area contributed by atoms with Crippen LogP contribution < -0.4 is 9.46 Å². The van der Waals surface area contributed by atoms with Gasteiger partial charge in [-0.1, -0.05) is 18.2 Å². The lowest BCUT2D eigenvalue weighted by atomic mass is 10.1. The van der Waals surface area contributed by atoms with Crippen LogP contribution in [0.15, 0.2) is 53.6 Å². The second kappa shape index (κ2) is 11.8. The number of nitrogens with zero attached hydrogens (tertiary/aromatic N) is 3. The lowest BCUT2D eigenvalue weighted by Gasteiger charge is -2.26. The minimum atomic E-state index is -3.91. The average molecular weight is 529 g/mol. The fourth-order valence-electron chi connectivity index (χ4n) is 3.86. The van der Waals surface area contributed by atoms with Gasteiger partial charge in [0.05, 0.1) is 16.2 Å². The molecule has 3 aromatic rings. The highest BCUT2D eigenvalue weighted by Gasteiger charge is 2.17. The molecule has 0 spiro atoms. The van der Waals surface area contributed by atoms with E-state index < -0.39 is 10.0 Å². The highest BCUT2D eigenvalue weighted by atomic mass is 32.2. The Morgan fingerprint density at radius 3 is 2.61 bits per heavy atom. The van der Waals surface area contributed by atoms with E-state index in [0.717, 1.165) is 31.4 Å². The van der Waals surface area contributed by atoms with Crippen LogP contribution in [0.4, 0.5) is 5.82 Å². The molecule has 190 valence electrons. The highest BCUT2D eigenvalue weighted by molar-refractivity contribution is 8.14. The minimum absolute atomic E-state index is 0.0123. The van der Waals surface area contributed by atoms with Crippen LogP contribution in [0.5, 0.6) is 5.88 Å². The van der Waals surface area contributed by atoms with Crippen molar-refractivity contribution in [1.82, 2.24) is 14.9 Å². The van der Waals surface area contributed by atoms with Crippen molar-refractivity contribution >= 4 is 49.4 Å². The number of Topliss-reactive ketones (excluding diaryl/α,β-unsaturated/α-hetero) is 1. The number of hydrogen-bond donors (Lipinski definition) is 1. The molecular formula is C25H28N4O5S2. The van der Waals surface area contributed by atoms with Crippen LogP contribution in [0.2, 0.25) is 0 Å². The zero-order valence-corrected chi connectivity index (χ0v) is 21.6. The third-order valence-corrected chi connectivity index (χ3v) is 7.95. The quantitative estimate of drug-likeness (QED) is 0.392. The van der Waals surface area contributed by atoms with Gasteiger partial charge in [-0.15, -0.1) is 0 Å². The highest BCUT2D eigenvalue weighted by Crippen LogP contribution is 2.22. The molecule has 0 saturated carbocycles. The van der Waals surface area contributed by atoms with Crippen LogP contribution in [0, 0.1) is 0 Å². The first-order valence-corrected chi connectivity index (χ1v) is 14.2. The van der Waals surface area contributed by atoms with Gasteiger partial charge < -0.3 is 4.74 Å². The Bertz CT molecular complexity index is 1340. The number of sulfonamides is 1. The van der Waals surface area contributed by atoms with Crippen LogP contribution in [-0.2, 0) is 14.8 Å². The molecule has 1 fully saturated rings. The van der Waals surface area contributed by atoms with E-state index in [2.05, 4.69) is 19.6 Å². The number of carbonyl (C=O) groups excluding carboxylic acids is 2. The zero-order chi connectivity index (χ0) is 25.5. The van der Waals surface area contributed by atoms with Crippen molar-refractivity contribution < 1.29 is 22.7 Å². The number of ketones is 1. The molecule has 4 rings (SSSR count). The predicted molar refractivity (Wildman–Crippen MR) is 140 cm³/mol. The van der Waals surface area contributed by atoms with Crippen LogP contribution in [0.25, 0.3) is 10.9 Å². The van der Waals surface area contributed by atoms with Crippen molar-refractivity contribution in [3.63, 3.8) is 0 Å². The number of anilines is 1. The third-order valence-electron chi connectivity index (χ3n) is 5.78. The van der Waals surface area contributed by atoms with Gasteiger partial charge in [0.1, 0.15) is 12.4 Å². The van der Waals surface area contributed by atoms with E-state index in [1.165, 1.54) is 50.6 Å². The molecule has 11 heteroatoms. The van der Waals surface area contributed by atoms with E-state index in [1.807, 2.05) is 0 Å². The predicted octanol–water partition coefficient (Wildman–Crippen LogP) is 3.76. The van der Waals surface area contributed by atoms with Crippen LogP contribution in [0.3, 0.4) is 0 Å². The van der Waals surface area contributed by atoms with Crippen LogP contribution in [0.1, 0.15) is 36.5 Å². The standard InChI is InChI=1S/C25H28N4O5S2/c1-18(30)35-17-23(31)20-5-9-24(26-16-20)28-36(32,33)21-7-8-22-19(15-21)6-10-25(27-22)34-14-13-29-11-3-2-4-12-29/h5-10,15-16H,2-4,11-14,17H2,1H3,(H,26,28). The number of aromatic nitrogens is 2. The summed E-state index contributed by atoms with van der Waals surface area (Å²) >= 11 is 0.914. The van der Waals surface area contributed by atoms with Crippen molar-refractivity contribution in [3.05, 3.63) is 54.2 Å². The smallest absolute Gasteiger partial charge is 0.263 e. The second-order valence-corrected chi connectivity index (χ2v) is 11.3. The largest absolute Gasteiger partial charge is 0.476 e. The van der Waals surface area contributed by atoms with Gasteiger partial charge in [-0.05, 0) is 62.3 Å². The summed E-state index contributed by atoms with van der Waals surface area (Å²) < 4.78 is 34.0. The molecule has 1 aliphatic rings. The molecule has 3 heterocycles. The summed E-state index contributed by atoms with van der Waals surface area (Å²) in [7, 11) is -3.91. The lowest BCUT2D eigenvalue weighted by molar-refractivity contribution is -0.109. The first-order valence-electron chi connectivity index (χ1n) is 11.7. The number of likely N-dealkylation sites (tertiary alicyclic amines) is 1. The van der Waals surface area contributed by atoms with Gasteiger partial charge >= 0.3 is 0 Å². The van der Waals surface area contributed by atoms with Crippen LogP contribution >= 0.6 is 11.8 Å². The maximum atomic E-state index is 12.9. The Kier molecular flexibility index (Phi) is 8.55. The molecule has 36 heavy (non-hydrogen) atoms. The van der Waals surface area contributed by atoms with Crippen molar-refractivity contribution in [2.75, 3.05) is 36.7 Å². The van der Waals surface area contributed by atoms with E-state index >= 15 is 0 Å². The lowest BCUT2D eigenvalue weighted by Crippen LogP contribution is -2.33. The Hall–Kier alpha value is -3.02. The molecule has 0 aliphatic carbocycles. The monoisotopic (exact) mass is 528 g/mol. The molecule has 0 atom stereocenters. The van der Waals surface area contributed by atoms with E-state index in [9.17, 15) is 18.0 Å². The van der Waals surface area contributed by atoms with Gasteiger partial charge in [0.2, 0.25) is 5.88 Å². The topological polar surface area (TPSA) is 119 Å². The van der Waals surface area contributed by atoms with Gasteiger partial charge in [-0.2, -0.15) is 0 Å². The van der Waals surface area contributed by atoms with Gasteiger partial charge in [0, 0.05) is 36.7 Å². The molecule has 1 aromatic carbocycles. The van der Waals surface area contributed by atoms with Crippen molar-refractivity contribution in [2.24, 2.45) is 0 Å². The van der Waals surface area contributed by atoms with E-state index in [4.69, 9.17) is 4.74 Å². The molecule has 1 N–H and O–H groups in total. The zero-order valence-electron chi connectivity index (χ0n) is 20.0. The van der Waals surface area contributed by atoms with Crippen molar-refractivity contribution in [2.45, 2.75) is 31.1 Å². The molecule has 2 aromatic heterocycles. The summed E-state index contributed by atoms with van der Waals surface area (Å²) in [6, 6.07) is 11.1. The Morgan fingerprint density at radius 1 is 1.08 bits per heavy atom. The van der Waals surface area contributed by atoms with E-state index in [-0.39, 0.29) is 27.4 Å². The number of fused-ring (bicyclic) bond motifs is 1. The normalized spacial score (nSPS) is 14.5. The number of thioether (sulfide) groups is 1. The van der Waals surface area contributed by atoms with E-state index in [1.54, 1.807) is 24.3 Å². The third kappa shape index (κ3) is 7.02. The maximum Gasteiger partial charge on any atom is 0.263 e. The molecule has 0 bridgehead atoms. The number of carbonyl (C=O) groups is 2. The number of piperidine rings is 1.